The Balaban J connectivity index is 2.30. The molecule has 0 unspecified atom stereocenters. The second kappa shape index (κ2) is 2.41. The quantitative estimate of drug-likeness (QED) is 0.620. The molecule has 2 heteroatoms. The molecule has 1 saturated carbocycles. The van der Waals surface area contributed by atoms with Crippen LogP contribution in [-0.4, -0.2) is 11.3 Å². The fourth-order valence-corrected chi connectivity index (χ4v) is 1.28. The molecule has 62 valence electrons. The molecule has 1 aromatic rings. The largest absolute Gasteiger partial charge is 0.298 e. The fraction of sp³-hybridized carbons (Fsp3) is 0.400. The van der Waals surface area contributed by atoms with E-state index in [4.69, 9.17) is 0 Å². The van der Waals surface area contributed by atoms with Gasteiger partial charge in [0.2, 0.25) is 0 Å². The van der Waals surface area contributed by atoms with Gasteiger partial charge < -0.3 is 0 Å². The summed E-state index contributed by atoms with van der Waals surface area (Å²) < 4.78 is 0. The lowest BCUT2D eigenvalue weighted by atomic mass is 10.0. The van der Waals surface area contributed by atoms with E-state index in [0.29, 0.717) is 11.0 Å². The van der Waals surface area contributed by atoms with Gasteiger partial charge in [-0.05, 0) is 25.0 Å². The zero-order valence-corrected chi connectivity index (χ0v) is 7.08. The second-order valence-electron chi connectivity index (χ2n) is 3.66. The molecule has 0 N–H and O–H groups in total. The number of pyridine rings is 1. The Bertz CT molecular complexity index is 298. The smallest absolute Gasteiger partial charge is 0.151 e. The highest BCUT2D eigenvalue weighted by Gasteiger charge is 2.40. The van der Waals surface area contributed by atoms with E-state index in [-0.39, 0.29) is 0 Å². The first-order chi connectivity index (χ1) is 5.74. The average molecular weight is 161 g/mol. The maximum atomic E-state index is 10.3. The summed E-state index contributed by atoms with van der Waals surface area (Å²) >= 11 is 0. The Hall–Kier alpha value is -1.18. The lowest BCUT2D eigenvalue weighted by Gasteiger charge is -2.05. The van der Waals surface area contributed by atoms with Crippen molar-refractivity contribution in [3.63, 3.8) is 0 Å². The molecule has 0 radical (unpaired) electrons. The number of aldehydes is 1. The first-order valence-corrected chi connectivity index (χ1v) is 4.16. The van der Waals surface area contributed by atoms with Crippen molar-refractivity contribution in [3.05, 3.63) is 29.6 Å². The van der Waals surface area contributed by atoms with Crippen LogP contribution in [0, 0.1) is 0 Å². The van der Waals surface area contributed by atoms with E-state index in [1.54, 1.807) is 6.20 Å². The fourth-order valence-electron chi connectivity index (χ4n) is 1.28. The monoisotopic (exact) mass is 161 g/mol. The standard InChI is InChI=1S/C10H11NO/c1-10(4-5-10)9-3-2-8(7-12)6-11-9/h2-3,6-7H,4-5H2,1H3. The van der Waals surface area contributed by atoms with Gasteiger partial charge >= 0.3 is 0 Å². The molecule has 0 saturated heterocycles. The number of aromatic nitrogens is 1. The zero-order chi connectivity index (χ0) is 8.60. The van der Waals surface area contributed by atoms with Crippen LogP contribution in [0.15, 0.2) is 18.3 Å². The molecule has 1 aromatic heterocycles. The Kier molecular flexibility index (Phi) is 1.50. The first-order valence-electron chi connectivity index (χ1n) is 4.16. The van der Waals surface area contributed by atoms with E-state index in [2.05, 4.69) is 11.9 Å². The SMILES string of the molecule is CC1(c2ccc(C=O)cn2)CC1. The number of nitrogens with zero attached hydrogens (tertiary/aromatic N) is 1. The van der Waals surface area contributed by atoms with Crippen molar-refractivity contribution in [1.82, 2.24) is 4.98 Å². The van der Waals surface area contributed by atoms with Crippen LogP contribution in [0.5, 0.6) is 0 Å². The highest BCUT2D eigenvalue weighted by atomic mass is 16.1. The van der Waals surface area contributed by atoms with Gasteiger partial charge in [-0.25, -0.2) is 0 Å². The van der Waals surface area contributed by atoms with Crippen molar-refractivity contribution in [3.8, 4) is 0 Å². The third-order valence-corrected chi connectivity index (χ3v) is 2.54. The molecule has 1 fully saturated rings. The number of rotatable bonds is 2. The number of hydrogen-bond acceptors (Lipinski definition) is 2. The molecule has 0 atom stereocenters. The molecule has 2 nitrogen and oxygen atoms in total. The Morgan fingerprint density at radius 3 is 2.67 bits per heavy atom. The summed E-state index contributed by atoms with van der Waals surface area (Å²) in [5.74, 6) is 0. The number of carbonyl (C=O) groups is 1. The van der Waals surface area contributed by atoms with Crippen molar-refractivity contribution in [2.24, 2.45) is 0 Å². The second-order valence-corrected chi connectivity index (χ2v) is 3.66. The van der Waals surface area contributed by atoms with Crippen molar-refractivity contribution in [2.75, 3.05) is 0 Å². The minimum Gasteiger partial charge on any atom is -0.298 e. The Morgan fingerprint density at radius 2 is 2.25 bits per heavy atom. The number of hydrogen-bond donors (Lipinski definition) is 0. The molecular formula is C10H11NO. The highest BCUT2D eigenvalue weighted by molar-refractivity contribution is 5.73. The molecule has 0 spiro atoms. The molecule has 2 rings (SSSR count). The van der Waals surface area contributed by atoms with Gasteiger partial charge in [-0.3, -0.25) is 9.78 Å². The van der Waals surface area contributed by atoms with Crippen LogP contribution in [-0.2, 0) is 5.41 Å². The van der Waals surface area contributed by atoms with Crippen LogP contribution in [0.1, 0.15) is 35.8 Å². The van der Waals surface area contributed by atoms with Crippen molar-refractivity contribution in [2.45, 2.75) is 25.2 Å². The van der Waals surface area contributed by atoms with E-state index in [9.17, 15) is 4.79 Å². The normalized spacial score (nSPS) is 18.8. The maximum absolute atomic E-state index is 10.3. The van der Waals surface area contributed by atoms with Gasteiger partial charge in [0.1, 0.15) is 0 Å². The number of carbonyl (C=O) groups excluding carboxylic acids is 1. The molecular weight excluding hydrogens is 150 g/mol. The van der Waals surface area contributed by atoms with Gasteiger partial charge in [0.25, 0.3) is 0 Å². The van der Waals surface area contributed by atoms with Gasteiger partial charge in [0.15, 0.2) is 6.29 Å². The molecule has 12 heavy (non-hydrogen) atoms. The lowest BCUT2D eigenvalue weighted by Crippen LogP contribution is -2.02. The van der Waals surface area contributed by atoms with Crippen LogP contribution in [0.25, 0.3) is 0 Å². The van der Waals surface area contributed by atoms with Crippen molar-refractivity contribution < 1.29 is 4.79 Å². The van der Waals surface area contributed by atoms with E-state index in [1.165, 1.54) is 12.8 Å². The predicted molar refractivity (Wildman–Crippen MR) is 46.2 cm³/mol. The third-order valence-electron chi connectivity index (χ3n) is 2.54. The predicted octanol–water partition coefficient (Wildman–Crippen LogP) is 1.95. The minimum atomic E-state index is 0.307. The van der Waals surface area contributed by atoms with Crippen molar-refractivity contribution >= 4 is 6.29 Å². The van der Waals surface area contributed by atoms with Crippen LogP contribution in [0.2, 0.25) is 0 Å². The molecule has 0 bridgehead atoms. The lowest BCUT2D eigenvalue weighted by molar-refractivity contribution is 0.112. The van der Waals surface area contributed by atoms with Crippen LogP contribution in [0.3, 0.4) is 0 Å². The van der Waals surface area contributed by atoms with Crippen molar-refractivity contribution in [1.29, 1.82) is 0 Å². The summed E-state index contributed by atoms with van der Waals surface area (Å²) in [7, 11) is 0. The first kappa shape index (κ1) is 7.47. The molecule has 1 heterocycles. The van der Waals surface area contributed by atoms with Crippen LogP contribution < -0.4 is 0 Å². The minimum absolute atomic E-state index is 0.307. The summed E-state index contributed by atoms with van der Waals surface area (Å²) in [4.78, 5) is 14.6. The van der Waals surface area contributed by atoms with E-state index in [1.807, 2.05) is 12.1 Å². The Labute approximate surface area is 71.6 Å². The van der Waals surface area contributed by atoms with Gasteiger partial charge in [-0.1, -0.05) is 6.92 Å². The summed E-state index contributed by atoms with van der Waals surface area (Å²) in [6.07, 6.45) is 4.92. The van der Waals surface area contributed by atoms with E-state index < -0.39 is 0 Å². The zero-order valence-electron chi connectivity index (χ0n) is 7.08. The summed E-state index contributed by atoms with van der Waals surface area (Å²) in [5.41, 5.74) is 2.08. The average Bonchev–Trinajstić information content (AvgIpc) is 2.85. The maximum Gasteiger partial charge on any atom is 0.151 e. The Morgan fingerprint density at radius 1 is 1.50 bits per heavy atom. The molecule has 0 aliphatic heterocycles. The molecule has 0 aromatic carbocycles. The summed E-state index contributed by atoms with van der Waals surface area (Å²) in [6, 6.07) is 3.79. The summed E-state index contributed by atoms with van der Waals surface area (Å²) in [5, 5.41) is 0. The topological polar surface area (TPSA) is 30.0 Å². The van der Waals surface area contributed by atoms with Gasteiger partial charge in [0, 0.05) is 22.9 Å². The summed E-state index contributed by atoms with van der Waals surface area (Å²) in [6.45, 7) is 2.20. The molecule has 0 amide bonds. The molecule has 1 aliphatic carbocycles. The van der Waals surface area contributed by atoms with E-state index >= 15 is 0 Å². The van der Waals surface area contributed by atoms with Gasteiger partial charge in [-0.2, -0.15) is 0 Å². The highest BCUT2D eigenvalue weighted by Crippen LogP contribution is 2.46. The van der Waals surface area contributed by atoms with Gasteiger partial charge in [-0.15, -0.1) is 0 Å². The van der Waals surface area contributed by atoms with Gasteiger partial charge in [0.05, 0.1) is 0 Å². The third kappa shape index (κ3) is 1.13. The van der Waals surface area contributed by atoms with Crippen LogP contribution in [0.4, 0.5) is 0 Å². The molecule has 1 aliphatic rings. The van der Waals surface area contributed by atoms with E-state index in [0.717, 1.165) is 12.0 Å². The van der Waals surface area contributed by atoms with Crippen LogP contribution >= 0.6 is 0 Å².